The first-order valence-electron chi connectivity index (χ1n) is 8.34. The summed E-state index contributed by atoms with van der Waals surface area (Å²) in [5.41, 5.74) is 5.09. The summed E-state index contributed by atoms with van der Waals surface area (Å²) in [6, 6.07) is 28.6. The van der Waals surface area contributed by atoms with Crippen molar-refractivity contribution in [2.75, 3.05) is 0 Å². The summed E-state index contributed by atoms with van der Waals surface area (Å²) in [7, 11) is 0. The molecule has 0 spiro atoms. The highest BCUT2D eigenvalue weighted by Gasteiger charge is 2.11. The zero-order valence-corrected chi connectivity index (χ0v) is 14.3. The van der Waals surface area contributed by atoms with Crippen molar-refractivity contribution in [2.45, 2.75) is 6.92 Å². The van der Waals surface area contributed by atoms with Gasteiger partial charge in [-0.15, -0.1) is 0 Å². The lowest BCUT2D eigenvalue weighted by molar-refractivity contribution is 1.18. The number of benzene rings is 3. The summed E-state index contributed by atoms with van der Waals surface area (Å²) in [6.07, 6.45) is 0. The largest absolute Gasteiger partial charge is 0.309 e. The maximum absolute atomic E-state index is 9.06. The summed E-state index contributed by atoms with van der Waals surface area (Å²) in [5.74, 6) is 0. The fourth-order valence-corrected chi connectivity index (χ4v) is 3.40. The monoisotopic (exact) mass is 333 g/mol. The van der Waals surface area contributed by atoms with E-state index in [4.69, 9.17) is 10.5 Å². The van der Waals surface area contributed by atoms with Crippen LogP contribution in [0.25, 0.3) is 33.1 Å². The Bertz CT molecular complexity index is 1170. The van der Waals surface area contributed by atoms with Crippen molar-refractivity contribution < 1.29 is 0 Å². The molecule has 4 aromatic rings. The fraction of sp³-hybridized carbons (Fsp3) is 0.0435. The molecule has 26 heavy (non-hydrogen) atoms. The van der Waals surface area contributed by atoms with Crippen LogP contribution in [0.4, 0.5) is 0 Å². The third kappa shape index (κ3) is 2.35. The van der Waals surface area contributed by atoms with Crippen LogP contribution in [0.1, 0.15) is 12.5 Å². The van der Waals surface area contributed by atoms with Crippen LogP contribution in [0.3, 0.4) is 0 Å². The Kier molecular flexibility index (Phi) is 3.77. The maximum Gasteiger partial charge on any atom is 0.133 e. The van der Waals surface area contributed by atoms with Gasteiger partial charge in [-0.1, -0.05) is 48.5 Å². The Balaban J connectivity index is 1.93. The number of nitrogens with zero attached hydrogens (tertiary/aromatic N) is 3. The molecule has 0 aliphatic heterocycles. The minimum atomic E-state index is 0.148. The Morgan fingerprint density at radius 3 is 1.73 bits per heavy atom. The van der Waals surface area contributed by atoms with E-state index in [0.717, 1.165) is 22.3 Å². The van der Waals surface area contributed by atoms with Crippen LogP contribution >= 0.6 is 0 Å². The lowest BCUT2D eigenvalue weighted by atomic mass is 10.0. The van der Waals surface area contributed by atoms with Gasteiger partial charge in [0.1, 0.15) is 17.7 Å². The molecule has 0 saturated heterocycles. The lowest BCUT2D eigenvalue weighted by Gasteiger charge is -2.09. The molecular weight excluding hydrogens is 318 g/mol. The first-order chi connectivity index (χ1) is 12.7. The predicted octanol–water partition coefficient (Wildman–Crippen LogP) is 5.60. The van der Waals surface area contributed by atoms with E-state index < -0.39 is 0 Å². The van der Waals surface area contributed by atoms with Crippen LogP contribution in [-0.2, 0) is 0 Å². The van der Waals surface area contributed by atoms with Gasteiger partial charge in [0.25, 0.3) is 0 Å². The topological polar surface area (TPSA) is 52.5 Å². The molecule has 1 aromatic heterocycles. The molecule has 0 aliphatic rings. The van der Waals surface area contributed by atoms with Gasteiger partial charge in [-0.05, 0) is 42.3 Å². The number of allylic oxidation sites excluding steroid dienone is 2. The van der Waals surface area contributed by atoms with Gasteiger partial charge in [0.15, 0.2) is 0 Å². The second kappa shape index (κ2) is 6.24. The van der Waals surface area contributed by atoms with Crippen molar-refractivity contribution in [1.82, 2.24) is 4.57 Å². The number of nitriles is 2. The molecule has 3 aromatic carbocycles. The summed E-state index contributed by atoms with van der Waals surface area (Å²) in [6.45, 7) is 1.80. The van der Waals surface area contributed by atoms with E-state index in [0.29, 0.717) is 5.57 Å². The number of aromatic nitrogens is 1. The highest BCUT2D eigenvalue weighted by Crippen LogP contribution is 2.32. The standard InChI is InChI=1S/C23H15N3/c1-16(18(14-24)15-25)17-10-12-19(13-11-17)26-22-8-4-2-6-20(22)21-7-3-5-9-23(21)26/h2-13H,1H3. The Hall–Kier alpha value is -3.82. The number of hydrogen-bond donors (Lipinski definition) is 0. The highest BCUT2D eigenvalue weighted by molar-refractivity contribution is 6.09. The molecule has 0 unspecified atom stereocenters. The fourth-order valence-electron chi connectivity index (χ4n) is 3.40. The minimum Gasteiger partial charge on any atom is -0.309 e. The number of para-hydroxylation sites is 2. The van der Waals surface area contributed by atoms with Crippen LogP contribution in [0.5, 0.6) is 0 Å². The molecular formula is C23H15N3. The van der Waals surface area contributed by atoms with E-state index in [9.17, 15) is 0 Å². The van der Waals surface area contributed by atoms with Gasteiger partial charge in [0.2, 0.25) is 0 Å². The summed E-state index contributed by atoms with van der Waals surface area (Å²) >= 11 is 0. The molecule has 0 atom stereocenters. The van der Waals surface area contributed by atoms with Gasteiger partial charge < -0.3 is 4.57 Å². The molecule has 122 valence electrons. The van der Waals surface area contributed by atoms with Gasteiger partial charge >= 0.3 is 0 Å². The van der Waals surface area contributed by atoms with Gasteiger partial charge in [-0.3, -0.25) is 0 Å². The smallest absolute Gasteiger partial charge is 0.133 e. The van der Waals surface area contributed by atoms with Crippen molar-refractivity contribution in [1.29, 1.82) is 10.5 Å². The predicted molar refractivity (Wildman–Crippen MR) is 105 cm³/mol. The van der Waals surface area contributed by atoms with Crippen molar-refractivity contribution in [3.8, 4) is 17.8 Å². The number of rotatable bonds is 2. The molecule has 0 aliphatic carbocycles. The van der Waals surface area contributed by atoms with E-state index in [1.54, 1.807) is 6.92 Å². The molecule has 4 rings (SSSR count). The summed E-state index contributed by atoms with van der Waals surface area (Å²) in [5, 5.41) is 20.6. The van der Waals surface area contributed by atoms with E-state index >= 15 is 0 Å². The number of fused-ring (bicyclic) bond motifs is 3. The molecule has 0 bridgehead atoms. The van der Waals surface area contributed by atoms with Crippen molar-refractivity contribution in [2.24, 2.45) is 0 Å². The SMILES string of the molecule is CC(=C(C#N)C#N)c1ccc(-n2c3ccccc3c3ccccc32)cc1. The first kappa shape index (κ1) is 15.7. The average Bonchev–Trinajstić information content (AvgIpc) is 3.03. The highest BCUT2D eigenvalue weighted by atomic mass is 15.0. The number of hydrogen-bond acceptors (Lipinski definition) is 2. The molecule has 0 saturated carbocycles. The Morgan fingerprint density at radius 1 is 0.731 bits per heavy atom. The Labute approximate surface area is 151 Å². The van der Waals surface area contributed by atoms with E-state index in [1.165, 1.54) is 10.8 Å². The van der Waals surface area contributed by atoms with Crippen LogP contribution in [0.2, 0.25) is 0 Å². The van der Waals surface area contributed by atoms with Crippen LogP contribution in [0.15, 0.2) is 78.4 Å². The quantitative estimate of drug-likeness (QED) is 0.448. The molecule has 0 fully saturated rings. The van der Waals surface area contributed by atoms with E-state index in [1.807, 2.05) is 48.5 Å². The van der Waals surface area contributed by atoms with Crippen molar-refractivity contribution in [3.05, 3.63) is 83.9 Å². The second-order valence-corrected chi connectivity index (χ2v) is 6.14. The lowest BCUT2D eigenvalue weighted by Crippen LogP contribution is -1.94. The molecule has 0 radical (unpaired) electrons. The average molecular weight is 333 g/mol. The van der Waals surface area contributed by atoms with Gasteiger partial charge in [0.05, 0.1) is 11.0 Å². The van der Waals surface area contributed by atoms with Crippen LogP contribution in [0, 0.1) is 22.7 Å². The van der Waals surface area contributed by atoms with Crippen LogP contribution in [-0.4, -0.2) is 4.57 Å². The van der Waals surface area contributed by atoms with Crippen molar-refractivity contribution >= 4 is 27.4 Å². The summed E-state index contributed by atoms with van der Waals surface area (Å²) < 4.78 is 2.24. The van der Waals surface area contributed by atoms with E-state index in [-0.39, 0.29) is 5.57 Å². The van der Waals surface area contributed by atoms with Gasteiger partial charge in [-0.2, -0.15) is 10.5 Å². The van der Waals surface area contributed by atoms with Gasteiger partial charge in [0, 0.05) is 16.5 Å². The first-order valence-corrected chi connectivity index (χ1v) is 8.34. The van der Waals surface area contributed by atoms with Crippen LogP contribution < -0.4 is 0 Å². The minimum absolute atomic E-state index is 0.148. The zero-order chi connectivity index (χ0) is 18.1. The molecule has 0 N–H and O–H groups in total. The third-order valence-corrected chi connectivity index (χ3v) is 4.74. The maximum atomic E-state index is 9.06. The van der Waals surface area contributed by atoms with E-state index in [2.05, 4.69) is 41.0 Å². The molecule has 3 nitrogen and oxygen atoms in total. The molecule has 3 heteroatoms. The normalized spacial score (nSPS) is 10.4. The van der Waals surface area contributed by atoms with Gasteiger partial charge in [-0.25, -0.2) is 0 Å². The summed E-state index contributed by atoms with van der Waals surface area (Å²) in [4.78, 5) is 0. The molecule has 1 heterocycles. The zero-order valence-electron chi connectivity index (χ0n) is 14.3. The third-order valence-electron chi connectivity index (χ3n) is 4.74. The van der Waals surface area contributed by atoms with Crippen molar-refractivity contribution in [3.63, 3.8) is 0 Å². The second-order valence-electron chi connectivity index (χ2n) is 6.14. The molecule has 0 amide bonds. The Morgan fingerprint density at radius 2 is 1.23 bits per heavy atom.